The first-order chi connectivity index (χ1) is 8.93. The van der Waals surface area contributed by atoms with E-state index >= 15 is 0 Å². The minimum absolute atomic E-state index is 0.0213. The largest absolute Gasteiger partial charge is 0.481 e. The second-order valence-electron chi connectivity index (χ2n) is 5.09. The molecule has 0 spiro atoms. The van der Waals surface area contributed by atoms with Gasteiger partial charge in [0.25, 0.3) is 0 Å². The Morgan fingerprint density at radius 2 is 2.11 bits per heavy atom. The van der Waals surface area contributed by atoms with Crippen molar-refractivity contribution >= 4 is 12.0 Å². The molecule has 108 valence electrons. The van der Waals surface area contributed by atoms with Crippen molar-refractivity contribution < 1.29 is 19.4 Å². The minimum Gasteiger partial charge on any atom is -0.481 e. The van der Waals surface area contributed by atoms with E-state index < -0.39 is 11.5 Å². The average Bonchev–Trinajstić information content (AvgIpc) is 2.24. The second-order valence-corrected chi connectivity index (χ2v) is 5.09. The Balaban J connectivity index is 2.19. The van der Waals surface area contributed by atoms with Crippen LogP contribution in [-0.4, -0.2) is 42.4 Å². The van der Waals surface area contributed by atoms with E-state index in [-0.39, 0.29) is 12.5 Å². The van der Waals surface area contributed by atoms with E-state index in [1.807, 2.05) is 6.92 Å². The number of rotatable bonds is 8. The Morgan fingerprint density at radius 1 is 1.42 bits per heavy atom. The molecule has 1 aliphatic carbocycles. The summed E-state index contributed by atoms with van der Waals surface area (Å²) in [5, 5.41) is 14.2. The van der Waals surface area contributed by atoms with Gasteiger partial charge in [-0.2, -0.15) is 0 Å². The molecule has 1 saturated carbocycles. The molecule has 0 bridgehead atoms. The molecule has 1 fully saturated rings. The number of aliphatic carboxylic acids is 1. The molecule has 0 radical (unpaired) electrons. The van der Waals surface area contributed by atoms with Gasteiger partial charge in [0.05, 0.1) is 25.2 Å². The average molecular weight is 270 g/mol. The van der Waals surface area contributed by atoms with E-state index in [1.54, 1.807) is 0 Å². The van der Waals surface area contributed by atoms with Gasteiger partial charge in [0, 0.05) is 6.54 Å². The maximum Gasteiger partial charge on any atom is 0.315 e. The molecule has 6 nitrogen and oxygen atoms in total. The van der Waals surface area contributed by atoms with Crippen molar-refractivity contribution in [2.45, 2.75) is 38.1 Å². The normalized spacial score (nSPS) is 16.3. The highest BCUT2D eigenvalue weighted by Crippen LogP contribution is 2.34. The fourth-order valence-electron chi connectivity index (χ4n) is 2.01. The first-order valence-corrected chi connectivity index (χ1v) is 6.43. The van der Waals surface area contributed by atoms with Crippen LogP contribution in [0.25, 0.3) is 0 Å². The van der Waals surface area contributed by atoms with E-state index in [0.717, 1.165) is 24.8 Å². The number of urea groups is 1. The second kappa shape index (κ2) is 7.13. The Morgan fingerprint density at radius 3 is 2.58 bits per heavy atom. The van der Waals surface area contributed by atoms with Crippen LogP contribution in [0.2, 0.25) is 0 Å². The summed E-state index contributed by atoms with van der Waals surface area (Å²) in [5.41, 5.74) is 0.369. The third-order valence-electron chi connectivity index (χ3n) is 3.06. The zero-order valence-corrected chi connectivity index (χ0v) is 11.3. The highest BCUT2D eigenvalue weighted by molar-refractivity contribution is 5.77. The summed E-state index contributed by atoms with van der Waals surface area (Å²) < 4.78 is 5.24. The van der Waals surface area contributed by atoms with Crippen LogP contribution in [0.15, 0.2) is 12.2 Å². The summed E-state index contributed by atoms with van der Waals surface area (Å²) in [7, 11) is 0. The third kappa shape index (κ3) is 5.74. The number of carboxylic acids is 1. The van der Waals surface area contributed by atoms with Gasteiger partial charge in [0.15, 0.2) is 0 Å². The number of hydrogen-bond donors (Lipinski definition) is 3. The lowest BCUT2D eigenvalue weighted by atomic mass is 9.74. The van der Waals surface area contributed by atoms with Crippen molar-refractivity contribution in [3.8, 4) is 0 Å². The maximum atomic E-state index is 11.6. The third-order valence-corrected chi connectivity index (χ3v) is 3.06. The van der Waals surface area contributed by atoms with Crippen molar-refractivity contribution in [3.05, 3.63) is 12.2 Å². The molecule has 1 rings (SSSR count). The molecule has 0 aromatic carbocycles. The lowest BCUT2D eigenvalue weighted by Gasteiger charge is -2.41. The summed E-state index contributed by atoms with van der Waals surface area (Å²) in [5.74, 6) is -0.884. The van der Waals surface area contributed by atoms with Crippen molar-refractivity contribution in [1.82, 2.24) is 10.6 Å². The SMILES string of the molecule is C=C(C)COCCNC(=O)NC1(CC(=O)O)CCC1. The molecular weight excluding hydrogens is 248 g/mol. The standard InChI is InChI=1S/C13H22N2O4/c1-10(2)9-19-7-6-14-12(18)15-13(4-3-5-13)8-11(16)17/h1,3-9H2,2H3,(H,16,17)(H2,14,15,18). The van der Waals surface area contributed by atoms with Crippen LogP contribution >= 0.6 is 0 Å². The predicted octanol–water partition coefficient (Wildman–Crippen LogP) is 1.28. The summed E-state index contributed by atoms with van der Waals surface area (Å²) in [6.07, 6.45) is 2.37. The van der Waals surface area contributed by atoms with Crippen LogP contribution in [-0.2, 0) is 9.53 Å². The number of amides is 2. The van der Waals surface area contributed by atoms with Crippen molar-refractivity contribution in [2.75, 3.05) is 19.8 Å². The molecule has 0 aromatic rings. The molecule has 0 unspecified atom stereocenters. The first-order valence-electron chi connectivity index (χ1n) is 6.43. The number of carbonyl (C=O) groups excluding carboxylic acids is 1. The number of carboxylic acid groups (broad SMARTS) is 1. The number of hydrogen-bond acceptors (Lipinski definition) is 3. The van der Waals surface area contributed by atoms with Gasteiger partial charge in [-0.15, -0.1) is 0 Å². The van der Waals surface area contributed by atoms with Crippen LogP contribution in [0.1, 0.15) is 32.6 Å². The highest BCUT2D eigenvalue weighted by Gasteiger charge is 2.40. The Bertz CT molecular complexity index is 351. The molecule has 3 N–H and O–H groups in total. The van der Waals surface area contributed by atoms with Crippen LogP contribution < -0.4 is 10.6 Å². The zero-order chi connectivity index (χ0) is 14.3. The van der Waals surface area contributed by atoms with Gasteiger partial charge in [-0.25, -0.2) is 4.79 Å². The van der Waals surface area contributed by atoms with Gasteiger partial charge in [-0.1, -0.05) is 12.2 Å². The molecule has 19 heavy (non-hydrogen) atoms. The Labute approximate surface area is 113 Å². The van der Waals surface area contributed by atoms with Crippen molar-refractivity contribution in [3.63, 3.8) is 0 Å². The van der Waals surface area contributed by atoms with Crippen molar-refractivity contribution in [1.29, 1.82) is 0 Å². The molecule has 0 atom stereocenters. The summed E-state index contributed by atoms with van der Waals surface area (Å²) >= 11 is 0. The molecule has 0 aliphatic heterocycles. The molecule has 2 amide bonds. The lowest BCUT2D eigenvalue weighted by Crippen LogP contribution is -2.57. The summed E-state index contributed by atoms with van der Waals surface area (Å²) in [6, 6.07) is -0.333. The molecule has 1 aliphatic rings. The van der Waals surface area contributed by atoms with E-state index in [2.05, 4.69) is 17.2 Å². The fraction of sp³-hybridized carbons (Fsp3) is 0.692. The minimum atomic E-state index is -0.884. The quantitative estimate of drug-likeness (QED) is 0.458. The maximum absolute atomic E-state index is 11.6. The van der Waals surface area contributed by atoms with Gasteiger partial charge < -0.3 is 20.5 Å². The molecule has 0 saturated heterocycles. The van der Waals surface area contributed by atoms with Gasteiger partial charge in [0.2, 0.25) is 0 Å². The Kier molecular flexibility index (Phi) is 5.82. The van der Waals surface area contributed by atoms with Gasteiger partial charge in [-0.05, 0) is 26.2 Å². The van der Waals surface area contributed by atoms with Crippen LogP contribution in [0, 0.1) is 0 Å². The van der Waals surface area contributed by atoms with E-state index in [9.17, 15) is 9.59 Å². The van der Waals surface area contributed by atoms with Crippen LogP contribution in [0.3, 0.4) is 0 Å². The topological polar surface area (TPSA) is 87.7 Å². The molecule has 6 heteroatoms. The van der Waals surface area contributed by atoms with Crippen molar-refractivity contribution in [2.24, 2.45) is 0 Å². The zero-order valence-electron chi connectivity index (χ0n) is 11.3. The van der Waals surface area contributed by atoms with Gasteiger partial charge >= 0.3 is 12.0 Å². The Hall–Kier alpha value is -1.56. The fourth-order valence-corrected chi connectivity index (χ4v) is 2.01. The molecule has 0 aromatic heterocycles. The first kappa shape index (κ1) is 15.5. The van der Waals surface area contributed by atoms with E-state index in [0.29, 0.717) is 19.8 Å². The summed E-state index contributed by atoms with van der Waals surface area (Å²) in [4.78, 5) is 22.4. The number of nitrogens with one attached hydrogen (secondary N) is 2. The molecule has 0 heterocycles. The lowest BCUT2D eigenvalue weighted by molar-refractivity contribution is -0.139. The highest BCUT2D eigenvalue weighted by atomic mass is 16.5. The monoisotopic (exact) mass is 270 g/mol. The predicted molar refractivity (Wildman–Crippen MR) is 71.0 cm³/mol. The number of ether oxygens (including phenoxy) is 1. The number of carbonyl (C=O) groups is 2. The van der Waals surface area contributed by atoms with E-state index in [4.69, 9.17) is 9.84 Å². The van der Waals surface area contributed by atoms with E-state index in [1.165, 1.54) is 0 Å². The van der Waals surface area contributed by atoms with Crippen LogP contribution in [0.5, 0.6) is 0 Å². The van der Waals surface area contributed by atoms with Gasteiger partial charge in [-0.3, -0.25) is 4.79 Å². The van der Waals surface area contributed by atoms with Gasteiger partial charge in [0.1, 0.15) is 0 Å². The van der Waals surface area contributed by atoms with Crippen LogP contribution in [0.4, 0.5) is 4.79 Å². The summed E-state index contributed by atoms with van der Waals surface area (Å²) in [6.45, 7) is 6.85. The molecular formula is C13H22N2O4. The smallest absolute Gasteiger partial charge is 0.315 e.